The molecule has 0 aromatic heterocycles. The summed E-state index contributed by atoms with van der Waals surface area (Å²) in [7, 11) is 0. The first kappa shape index (κ1) is 15.3. The molecule has 1 atom stereocenters. The molecule has 8 nitrogen and oxygen atoms in total. The second-order valence-electron chi connectivity index (χ2n) is 3.36. The number of carboxylic acids is 2. The Hall–Kier alpha value is -1.67. The van der Waals surface area contributed by atoms with Crippen molar-refractivity contribution < 1.29 is 24.6 Å². The van der Waals surface area contributed by atoms with E-state index in [0.29, 0.717) is 0 Å². The minimum Gasteiger partial charge on any atom is -0.480 e. The van der Waals surface area contributed by atoms with Crippen molar-refractivity contribution in [2.45, 2.75) is 18.9 Å². The van der Waals surface area contributed by atoms with Crippen LogP contribution in [-0.2, 0) is 14.4 Å². The highest BCUT2D eigenvalue weighted by molar-refractivity contribution is 5.85. The number of hydrogen-bond acceptors (Lipinski definition) is 5. The molecule has 6 N–H and O–H groups in total. The van der Waals surface area contributed by atoms with Crippen LogP contribution in [0.1, 0.15) is 12.8 Å². The Morgan fingerprint density at radius 1 is 1.29 bits per heavy atom. The molecule has 0 aromatic carbocycles. The summed E-state index contributed by atoms with van der Waals surface area (Å²) >= 11 is 0. The first-order valence-corrected chi connectivity index (χ1v) is 5.12. The van der Waals surface area contributed by atoms with Gasteiger partial charge in [0, 0.05) is 0 Å². The molecule has 1 fully saturated rings. The van der Waals surface area contributed by atoms with Gasteiger partial charge in [0.1, 0.15) is 6.54 Å². The molecule has 0 saturated carbocycles. The van der Waals surface area contributed by atoms with E-state index in [1.807, 2.05) is 0 Å². The molecule has 8 heteroatoms. The zero-order valence-corrected chi connectivity index (χ0v) is 9.31. The highest BCUT2D eigenvalue weighted by Crippen LogP contribution is 2.03. The average Bonchev–Trinajstić information content (AvgIpc) is 2.80. The van der Waals surface area contributed by atoms with Gasteiger partial charge in [0.2, 0.25) is 5.91 Å². The predicted molar refractivity (Wildman–Crippen MR) is 58.4 cm³/mol. The van der Waals surface area contributed by atoms with E-state index in [4.69, 9.17) is 10.2 Å². The summed E-state index contributed by atoms with van der Waals surface area (Å²) in [4.78, 5) is 30.4. The topological polar surface area (TPSA) is 142 Å². The van der Waals surface area contributed by atoms with Gasteiger partial charge in [-0.2, -0.15) is 0 Å². The Bertz CT molecular complexity index is 276. The molecular weight excluding hydrogens is 230 g/mol. The number of amides is 1. The molecule has 1 saturated heterocycles. The lowest BCUT2D eigenvalue weighted by molar-refractivity contribution is -0.138. The fraction of sp³-hybridized carbons (Fsp3) is 0.667. The third kappa shape index (κ3) is 8.17. The molecule has 0 aliphatic carbocycles. The minimum atomic E-state index is -1.01. The fourth-order valence-corrected chi connectivity index (χ4v) is 1.19. The minimum absolute atomic E-state index is 0.190. The average molecular weight is 247 g/mol. The summed E-state index contributed by atoms with van der Waals surface area (Å²) in [6, 6.07) is -0.190. The Balaban J connectivity index is 0.000000437. The molecule has 1 heterocycles. The summed E-state index contributed by atoms with van der Waals surface area (Å²) in [6.45, 7) is 0.266. The van der Waals surface area contributed by atoms with E-state index < -0.39 is 11.9 Å². The zero-order valence-electron chi connectivity index (χ0n) is 9.31. The number of carbonyl (C=O) groups excluding carboxylic acids is 1. The van der Waals surface area contributed by atoms with Gasteiger partial charge in [-0.05, 0) is 19.4 Å². The number of hydrogen-bond donors (Lipinski definition) is 5. The lowest BCUT2D eigenvalue weighted by atomic mass is 10.2. The second kappa shape index (κ2) is 8.48. The highest BCUT2D eigenvalue weighted by atomic mass is 16.4. The van der Waals surface area contributed by atoms with Crippen molar-refractivity contribution in [3.05, 3.63) is 0 Å². The zero-order chi connectivity index (χ0) is 13.3. The van der Waals surface area contributed by atoms with Crippen LogP contribution >= 0.6 is 0 Å². The Labute approximate surface area is 98.2 Å². The van der Waals surface area contributed by atoms with Crippen LogP contribution in [0.2, 0.25) is 0 Å². The van der Waals surface area contributed by atoms with Crippen LogP contribution in [0, 0.1) is 0 Å². The summed E-state index contributed by atoms with van der Waals surface area (Å²) in [6.07, 6.45) is 1.77. The van der Waals surface area contributed by atoms with E-state index in [2.05, 4.69) is 16.4 Å². The molecule has 0 spiro atoms. The van der Waals surface area contributed by atoms with E-state index in [1.165, 1.54) is 0 Å². The molecule has 1 aliphatic rings. The third-order valence-corrected chi connectivity index (χ3v) is 1.97. The van der Waals surface area contributed by atoms with Crippen LogP contribution in [0.5, 0.6) is 0 Å². The van der Waals surface area contributed by atoms with E-state index >= 15 is 0 Å². The van der Waals surface area contributed by atoms with Crippen molar-refractivity contribution in [2.75, 3.05) is 19.6 Å². The number of nitrogens with two attached hydrogens (primary N) is 1. The van der Waals surface area contributed by atoms with Gasteiger partial charge < -0.3 is 26.6 Å². The third-order valence-electron chi connectivity index (χ3n) is 1.97. The number of carboxylic acid groups (broad SMARTS) is 2. The van der Waals surface area contributed by atoms with Gasteiger partial charge in [-0.1, -0.05) is 0 Å². The lowest BCUT2D eigenvalue weighted by Gasteiger charge is -2.08. The van der Waals surface area contributed by atoms with E-state index in [9.17, 15) is 14.4 Å². The van der Waals surface area contributed by atoms with Crippen molar-refractivity contribution in [1.29, 1.82) is 0 Å². The first-order valence-electron chi connectivity index (χ1n) is 5.12. The van der Waals surface area contributed by atoms with Crippen molar-refractivity contribution in [3.63, 3.8) is 0 Å². The Morgan fingerprint density at radius 2 is 1.88 bits per heavy atom. The van der Waals surface area contributed by atoms with Gasteiger partial charge in [-0.3, -0.25) is 14.4 Å². The summed E-state index contributed by atoms with van der Waals surface area (Å²) in [5.41, 5.74) is 4.57. The smallest absolute Gasteiger partial charge is 0.322 e. The van der Waals surface area contributed by atoms with Gasteiger partial charge in [0.25, 0.3) is 0 Å². The Morgan fingerprint density at radius 3 is 2.24 bits per heavy atom. The maximum Gasteiger partial charge on any atom is 0.322 e. The number of carbonyl (C=O) groups is 3. The molecule has 0 bridgehead atoms. The van der Waals surface area contributed by atoms with Crippen LogP contribution in [0.25, 0.3) is 0 Å². The molecule has 1 aliphatic heterocycles. The molecule has 0 radical (unpaired) electrons. The van der Waals surface area contributed by atoms with E-state index in [0.717, 1.165) is 19.4 Å². The van der Waals surface area contributed by atoms with Crippen molar-refractivity contribution in [3.8, 4) is 0 Å². The maximum absolute atomic E-state index is 11.1. The molecule has 1 amide bonds. The van der Waals surface area contributed by atoms with Crippen molar-refractivity contribution in [2.24, 2.45) is 5.73 Å². The van der Waals surface area contributed by atoms with Crippen LogP contribution < -0.4 is 16.4 Å². The second-order valence-corrected chi connectivity index (χ2v) is 3.36. The molecule has 1 rings (SSSR count). The van der Waals surface area contributed by atoms with E-state index in [-0.39, 0.29) is 25.0 Å². The summed E-state index contributed by atoms with van der Waals surface area (Å²) < 4.78 is 0. The van der Waals surface area contributed by atoms with Gasteiger partial charge in [-0.15, -0.1) is 0 Å². The lowest BCUT2D eigenvalue weighted by Crippen LogP contribution is -2.42. The van der Waals surface area contributed by atoms with Crippen LogP contribution in [0.3, 0.4) is 0 Å². The highest BCUT2D eigenvalue weighted by Gasteiger charge is 2.21. The largest absolute Gasteiger partial charge is 0.480 e. The molecule has 0 unspecified atom stereocenters. The number of nitrogens with one attached hydrogen (secondary N) is 2. The SMILES string of the molecule is NCC(=O)O.O=C(O)CNC(=O)[C@@H]1CCCN1. The number of aliphatic carboxylic acids is 2. The van der Waals surface area contributed by atoms with Crippen molar-refractivity contribution >= 4 is 17.8 Å². The maximum atomic E-state index is 11.1. The van der Waals surface area contributed by atoms with Crippen LogP contribution in [0.4, 0.5) is 0 Å². The molecular formula is C9H17N3O5. The number of rotatable bonds is 4. The molecule has 0 aromatic rings. The van der Waals surface area contributed by atoms with E-state index in [1.54, 1.807) is 0 Å². The standard InChI is InChI=1S/C7H12N2O3.C2H5NO2/c10-6(11)4-9-7(12)5-2-1-3-8-5;3-1-2(4)5/h5,8H,1-4H2,(H,9,12)(H,10,11);1,3H2,(H,4,5)/t5-;/m0./s1. The molecule has 98 valence electrons. The van der Waals surface area contributed by atoms with Gasteiger partial charge >= 0.3 is 11.9 Å². The van der Waals surface area contributed by atoms with Crippen LogP contribution in [-0.4, -0.2) is 53.7 Å². The monoisotopic (exact) mass is 247 g/mol. The Kier molecular flexibility index (Phi) is 7.65. The van der Waals surface area contributed by atoms with Crippen molar-refractivity contribution in [1.82, 2.24) is 10.6 Å². The molecule has 17 heavy (non-hydrogen) atoms. The first-order chi connectivity index (χ1) is 7.97. The van der Waals surface area contributed by atoms with Gasteiger partial charge in [0.15, 0.2) is 0 Å². The van der Waals surface area contributed by atoms with Gasteiger partial charge in [-0.25, -0.2) is 0 Å². The predicted octanol–water partition coefficient (Wildman–Crippen LogP) is -2.03. The summed E-state index contributed by atoms with van der Waals surface area (Å²) in [5.74, 6) is -2.19. The quantitative estimate of drug-likeness (QED) is 0.385. The van der Waals surface area contributed by atoms with Crippen LogP contribution in [0.15, 0.2) is 0 Å². The normalized spacial score (nSPS) is 17.8. The van der Waals surface area contributed by atoms with Gasteiger partial charge in [0.05, 0.1) is 12.6 Å². The fourth-order valence-electron chi connectivity index (χ4n) is 1.19. The summed E-state index contributed by atoms with van der Waals surface area (Å²) in [5, 5.41) is 21.2.